The van der Waals surface area contributed by atoms with Gasteiger partial charge in [-0.25, -0.2) is 4.79 Å². The molecule has 1 aliphatic heterocycles. The lowest BCUT2D eigenvalue weighted by molar-refractivity contribution is -0.117. The van der Waals surface area contributed by atoms with Crippen LogP contribution in [0, 0.1) is 11.3 Å². The van der Waals surface area contributed by atoms with Crippen molar-refractivity contribution in [3.63, 3.8) is 0 Å². The molecule has 1 fully saturated rings. The van der Waals surface area contributed by atoms with E-state index in [0.29, 0.717) is 18.9 Å². The fourth-order valence-electron chi connectivity index (χ4n) is 2.76. The van der Waals surface area contributed by atoms with Crippen LogP contribution in [0.2, 0.25) is 0 Å². The van der Waals surface area contributed by atoms with Gasteiger partial charge in [0.05, 0.1) is 0 Å². The molecule has 0 spiro atoms. The number of carboxylic acid groups (broad SMARTS) is 1. The van der Waals surface area contributed by atoms with E-state index >= 15 is 0 Å². The van der Waals surface area contributed by atoms with Crippen LogP contribution in [-0.2, 0) is 4.79 Å². The SMILES string of the molecule is CC(=O)CCC1CCN(C(=O)O)C(C(C)(C)C)C1. The van der Waals surface area contributed by atoms with Gasteiger partial charge in [0.1, 0.15) is 5.78 Å². The van der Waals surface area contributed by atoms with E-state index in [0.717, 1.165) is 19.3 Å². The molecule has 4 heteroatoms. The largest absolute Gasteiger partial charge is 0.465 e. The normalized spacial score (nSPS) is 25.0. The average molecular weight is 255 g/mol. The van der Waals surface area contributed by atoms with Crippen molar-refractivity contribution in [1.82, 2.24) is 4.90 Å². The van der Waals surface area contributed by atoms with Crippen LogP contribution < -0.4 is 0 Å². The van der Waals surface area contributed by atoms with Gasteiger partial charge >= 0.3 is 6.09 Å². The van der Waals surface area contributed by atoms with E-state index < -0.39 is 6.09 Å². The van der Waals surface area contributed by atoms with E-state index in [-0.39, 0.29) is 17.2 Å². The Morgan fingerprint density at radius 3 is 2.39 bits per heavy atom. The molecule has 0 saturated carbocycles. The molecule has 1 aliphatic rings. The van der Waals surface area contributed by atoms with E-state index in [1.54, 1.807) is 11.8 Å². The van der Waals surface area contributed by atoms with Gasteiger partial charge in [-0.1, -0.05) is 20.8 Å². The summed E-state index contributed by atoms with van der Waals surface area (Å²) in [5.41, 5.74) is -0.0483. The highest BCUT2D eigenvalue weighted by Crippen LogP contribution is 2.36. The van der Waals surface area contributed by atoms with Crippen molar-refractivity contribution in [2.45, 2.75) is 59.4 Å². The molecule has 1 amide bonds. The summed E-state index contributed by atoms with van der Waals surface area (Å²) in [7, 11) is 0. The maximum absolute atomic E-state index is 11.3. The van der Waals surface area contributed by atoms with E-state index in [1.165, 1.54) is 0 Å². The van der Waals surface area contributed by atoms with Gasteiger partial charge in [-0.3, -0.25) is 0 Å². The second kappa shape index (κ2) is 5.72. The maximum atomic E-state index is 11.3. The van der Waals surface area contributed by atoms with Gasteiger partial charge in [-0.05, 0) is 37.5 Å². The van der Waals surface area contributed by atoms with E-state index in [1.807, 2.05) is 0 Å². The summed E-state index contributed by atoms with van der Waals surface area (Å²) >= 11 is 0. The van der Waals surface area contributed by atoms with E-state index in [2.05, 4.69) is 20.8 Å². The molecule has 1 saturated heterocycles. The van der Waals surface area contributed by atoms with Gasteiger partial charge in [-0.15, -0.1) is 0 Å². The van der Waals surface area contributed by atoms with Crippen LogP contribution >= 0.6 is 0 Å². The minimum atomic E-state index is -0.819. The zero-order valence-corrected chi connectivity index (χ0v) is 11.9. The third-order valence-electron chi connectivity index (χ3n) is 3.86. The molecule has 2 atom stereocenters. The number of carbonyl (C=O) groups excluding carboxylic acids is 1. The number of nitrogens with zero attached hydrogens (tertiary/aromatic N) is 1. The molecular weight excluding hydrogens is 230 g/mol. The average Bonchev–Trinajstić information content (AvgIpc) is 2.24. The van der Waals surface area contributed by atoms with Crippen molar-refractivity contribution < 1.29 is 14.7 Å². The third kappa shape index (κ3) is 4.00. The first-order valence-electron chi connectivity index (χ1n) is 6.71. The molecule has 0 aromatic heterocycles. The number of Topliss-reactive ketones (excluding diaryl/α,β-unsaturated/α-hetero) is 1. The maximum Gasteiger partial charge on any atom is 0.407 e. The van der Waals surface area contributed by atoms with Gasteiger partial charge in [0, 0.05) is 19.0 Å². The lowest BCUT2D eigenvalue weighted by Crippen LogP contribution is -2.51. The van der Waals surface area contributed by atoms with Crippen LogP contribution in [0.4, 0.5) is 4.79 Å². The van der Waals surface area contributed by atoms with Crippen LogP contribution in [0.5, 0.6) is 0 Å². The van der Waals surface area contributed by atoms with Crippen LogP contribution in [0.15, 0.2) is 0 Å². The smallest absolute Gasteiger partial charge is 0.407 e. The zero-order valence-electron chi connectivity index (χ0n) is 11.9. The first-order chi connectivity index (χ1) is 8.21. The topological polar surface area (TPSA) is 57.6 Å². The molecule has 104 valence electrons. The Balaban J connectivity index is 2.68. The summed E-state index contributed by atoms with van der Waals surface area (Å²) in [6, 6.07) is 0.0562. The molecule has 1 rings (SSSR count). The summed E-state index contributed by atoms with van der Waals surface area (Å²) in [5.74, 6) is 0.705. The van der Waals surface area contributed by atoms with Crippen molar-refractivity contribution in [3.8, 4) is 0 Å². The summed E-state index contributed by atoms with van der Waals surface area (Å²) < 4.78 is 0. The van der Waals surface area contributed by atoms with Crippen molar-refractivity contribution in [1.29, 1.82) is 0 Å². The third-order valence-corrected chi connectivity index (χ3v) is 3.86. The molecule has 18 heavy (non-hydrogen) atoms. The molecule has 2 unspecified atom stereocenters. The number of hydrogen-bond acceptors (Lipinski definition) is 2. The Bertz CT molecular complexity index is 319. The number of ketones is 1. The molecule has 0 aromatic rings. The first kappa shape index (κ1) is 15.0. The first-order valence-corrected chi connectivity index (χ1v) is 6.71. The Kier molecular flexibility index (Phi) is 4.77. The Labute approximate surface area is 109 Å². The number of piperidine rings is 1. The molecule has 4 nitrogen and oxygen atoms in total. The number of carbonyl (C=O) groups is 2. The summed E-state index contributed by atoms with van der Waals surface area (Å²) in [6.07, 6.45) is 2.46. The standard InChI is InChI=1S/C14H25NO3/c1-10(16)5-6-11-7-8-15(13(17)18)12(9-11)14(2,3)4/h11-12H,5-9H2,1-4H3,(H,17,18). The van der Waals surface area contributed by atoms with Gasteiger partial charge in [-0.2, -0.15) is 0 Å². The van der Waals surface area contributed by atoms with Gasteiger partial charge in [0.2, 0.25) is 0 Å². The Morgan fingerprint density at radius 2 is 1.94 bits per heavy atom. The van der Waals surface area contributed by atoms with Crippen molar-refractivity contribution in [3.05, 3.63) is 0 Å². The van der Waals surface area contributed by atoms with Gasteiger partial charge in [0.25, 0.3) is 0 Å². The molecule has 1 N–H and O–H groups in total. The second-order valence-electron chi connectivity index (χ2n) is 6.49. The summed E-state index contributed by atoms with van der Waals surface area (Å²) in [5, 5.41) is 9.25. The number of amides is 1. The van der Waals surface area contributed by atoms with Gasteiger partial charge < -0.3 is 14.8 Å². The summed E-state index contributed by atoms with van der Waals surface area (Å²) in [4.78, 5) is 23.9. The molecule has 1 heterocycles. The highest BCUT2D eigenvalue weighted by Gasteiger charge is 2.38. The predicted molar refractivity (Wildman–Crippen MR) is 70.6 cm³/mol. The molecule has 0 radical (unpaired) electrons. The van der Waals surface area contributed by atoms with E-state index in [4.69, 9.17) is 0 Å². The quantitative estimate of drug-likeness (QED) is 0.842. The second-order valence-corrected chi connectivity index (χ2v) is 6.49. The summed E-state index contributed by atoms with van der Waals surface area (Å²) in [6.45, 7) is 8.47. The molecule has 0 bridgehead atoms. The fraction of sp³-hybridized carbons (Fsp3) is 0.857. The fourth-order valence-corrected chi connectivity index (χ4v) is 2.76. The van der Waals surface area contributed by atoms with Crippen molar-refractivity contribution >= 4 is 11.9 Å². The van der Waals surface area contributed by atoms with Crippen LogP contribution in [0.1, 0.15) is 53.4 Å². The minimum absolute atomic E-state index is 0.0483. The molecular formula is C14H25NO3. The zero-order chi connectivity index (χ0) is 13.9. The Morgan fingerprint density at radius 1 is 1.33 bits per heavy atom. The van der Waals surface area contributed by atoms with E-state index in [9.17, 15) is 14.7 Å². The minimum Gasteiger partial charge on any atom is -0.465 e. The van der Waals surface area contributed by atoms with Gasteiger partial charge in [0.15, 0.2) is 0 Å². The number of rotatable bonds is 3. The van der Waals surface area contributed by atoms with Crippen LogP contribution in [0.3, 0.4) is 0 Å². The van der Waals surface area contributed by atoms with Crippen molar-refractivity contribution in [2.24, 2.45) is 11.3 Å². The van der Waals surface area contributed by atoms with Crippen molar-refractivity contribution in [2.75, 3.05) is 6.54 Å². The lowest BCUT2D eigenvalue weighted by Gasteiger charge is -2.44. The Hall–Kier alpha value is -1.06. The predicted octanol–water partition coefficient (Wildman–Crippen LogP) is 3.16. The molecule has 0 aliphatic carbocycles. The van der Waals surface area contributed by atoms with Crippen LogP contribution in [-0.4, -0.2) is 34.5 Å². The molecule has 0 aromatic carbocycles. The number of hydrogen-bond donors (Lipinski definition) is 1. The van der Waals surface area contributed by atoms with Crippen LogP contribution in [0.25, 0.3) is 0 Å². The monoisotopic (exact) mass is 255 g/mol. The number of likely N-dealkylation sites (tertiary alicyclic amines) is 1. The highest BCUT2D eigenvalue weighted by molar-refractivity contribution is 5.75. The lowest BCUT2D eigenvalue weighted by atomic mass is 9.76. The highest BCUT2D eigenvalue weighted by atomic mass is 16.4.